The summed E-state index contributed by atoms with van der Waals surface area (Å²) in [5, 5.41) is 6.45. The van der Waals surface area contributed by atoms with Crippen molar-refractivity contribution in [3.63, 3.8) is 0 Å². The van der Waals surface area contributed by atoms with Crippen LogP contribution in [0.25, 0.3) is 21.8 Å². The number of hydrogen-bond donors (Lipinski definition) is 1. The van der Waals surface area contributed by atoms with Crippen molar-refractivity contribution in [2.24, 2.45) is 0 Å². The van der Waals surface area contributed by atoms with Crippen molar-refractivity contribution in [3.05, 3.63) is 114 Å². The van der Waals surface area contributed by atoms with Crippen molar-refractivity contribution in [2.75, 3.05) is 5.32 Å². The summed E-state index contributed by atoms with van der Waals surface area (Å²) in [6.07, 6.45) is 1.02. The van der Waals surface area contributed by atoms with E-state index in [1.807, 2.05) is 0 Å². The normalized spacial score (nSPS) is 18.5. The van der Waals surface area contributed by atoms with E-state index in [0.717, 1.165) is 6.42 Å². The highest BCUT2D eigenvalue weighted by Crippen LogP contribution is 2.44. The minimum Gasteiger partial charge on any atom is -0.378 e. The topological polar surface area (TPSA) is 17.0 Å². The molecule has 1 aliphatic heterocycles. The molecule has 2 heteroatoms. The molecule has 0 radical (unpaired) electrons. The molecule has 0 saturated carbocycles. The molecule has 0 amide bonds. The van der Waals surface area contributed by atoms with Crippen LogP contribution in [-0.2, 0) is 0 Å². The highest BCUT2D eigenvalue weighted by molar-refractivity contribution is 6.08. The van der Waals surface area contributed by atoms with Crippen LogP contribution in [0.4, 0.5) is 5.69 Å². The lowest BCUT2D eigenvalue weighted by atomic mass is 9.89. The largest absolute Gasteiger partial charge is 0.378 e. The molecule has 29 heavy (non-hydrogen) atoms. The Kier molecular flexibility index (Phi) is 3.70. The third-order valence-corrected chi connectivity index (χ3v) is 6.24. The zero-order valence-corrected chi connectivity index (χ0v) is 16.1. The first-order chi connectivity index (χ1) is 14.4. The minimum absolute atomic E-state index is 0.280. The van der Waals surface area contributed by atoms with Crippen molar-refractivity contribution in [1.29, 1.82) is 0 Å². The molecule has 0 fully saturated rings. The SMILES string of the molecule is c1ccc([C@@H]2C[C@@H](n3c4ccccc4c4ccccc43)c3ccccc3N2)cc1. The Hall–Kier alpha value is -3.52. The van der Waals surface area contributed by atoms with Crippen molar-refractivity contribution in [3.8, 4) is 0 Å². The molecular formula is C27H22N2. The highest BCUT2D eigenvalue weighted by Gasteiger charge is 2.30. The van der Waals surface area contributed by atoms with Gasteiger partial charge >= 0.3 is 0 Å². The van der Waals surface area contributed by atoms with Crippen LogP contribution in [0, 0.1) is 0 Å². The third kappa shape index (κ3) is 2.56. The Morgan fingerprint density at radius 3 is 1.93 bits per heavy atom. The fourth-order valence-electron chi connectivity index (χ4n) is 4.95. The van der Waals surface area contributed by atoms with E-state index >= 15 is 0 Å². The second kappa shape index (κ2) is 6.52. The van der Waals surface area contributed by atoms with E-state index < -0.39 is 0 Å². The summed E-state index contributed by atoms with van der Waals surface area (Å²) in [6, 6.07) is 37.8. The number of anilines is 1. The number of benzene rings is 4. The molecule has 2 atom stereocenters. The van der Waals surface area contributed by atoms with E-state index in [4.69, 9.17) is 0 Å². The van der Waals surface area contributed by atoms with Crippen LogP contribution in [-0.4, -0.2) is 4.57 Å². The quantitative estimate of drug-likeness (QED) is 0.354. The van der Waals surface area contributed by atoms with E-state index in [1.54, 1.807) is 0 Å². The number of para-hydroxylation sites is 3. The van der Waals surface area contributed by atoms with Gasteiger partial charge in [0.1, 0.15) is 0 Å². The number of fused-ring (bicyclic) bond motifs is 4. The fraction of sp³-hybridized carbons (Fsp3) is 0.111. The van der Waals surface area contributed by atoms with Crippen LogP contribution < -0.4 is 5.32 Å². The summed E-state index contributed by atoms with van der Waals surface area (Å²) in [5.41, 5.74) is 6.56. The molecule has 1 aromatic heterocycles. The van der Waals surface area contributed by atoms with Gasteiger partial charge in [-0.15, -0.1) is 0 Å². The summed E-state index contributed by atoms with van der Waals surface area (Å²) in [6.45, 7) is 0. The van der Waals surface area contributed by atoms with Crippen molar-refractivity contribution in [1.82, 2.24) is 4.57 Å². The summed E-state index contributed by atoms with van der Waals surface area (Å²) in [7, 11) is 0. The smallest absolute Gasteiger partial charge is 0.0635 e. The van der Waals surface area contributed by atoms with Gasteiger partial charge in [-0.05, 0) is 35.7 Å². The molecule has 4 aromatic carbocycles. The van der Waals surface area contributed by atoms with Gasteiger partial charge in [0, 0.05) is 27.5 Å². The average molecular weight is 374 g/mol. The lowest BCUT2D eigenvalue weighted by Crippen LogP contribution is -2.25. The summed E-state index contributed by atoms with van der Waals surface area (Å²) in [4.78, 5) is 0. The Bertz CT molecular complexity index is 1260. The van der Waals surface area contributed by atoms with Gasteiger partial charge in [-0.2, -0.15) is 0 Å². The van der Waals surface area contributed by atoms with E-state index in [0.29, 0.717) is 0 Å². The number of rotatable bonds is 2. The van der Waals surface area contributed by atoms with Gasteiger partial charge in [0.2, 0.25) is 0 Å². The molecule has 0 spiro atoms. The maximum Gasteiger partial charge on any atom is 0.0635 e. The molecular weight excluding hydrogens is 352 g/mol. The molecule has 0 unspecified atom stereocenters. The van der Waals surface area contributed by atoms with Crippen molar-refractivity contribution in [2.45, 2.75) is 18.5 Å². The molecule has 1 N–H and O–H groups in total. The maximum atomic E-state index is 3.79. The van der Waals surface area contributed by atoms with Gasteiger partial charge < -0.3 is 9.88 Å². The van der Waals surface area contributed by atoms with E-state index in [1.165, 1.54) is 38.6 Å². The Balaban J connectivity index is 1.61. The number of hydrogen-bond acceptors (Lipinski definition) is 1. The fourth-order valence-corrected chi connectivity index (χ4v) is 4.95. The summed E-state index contributed by atoms with van der Waals surface area (Å²) < 4.78 is 2.56. The maximum absolute atomic E-state index is 3.79. The van der Waals surface area contributed by atoms with Crippen molar-refractivity contribution < 1.29 is 0 Å². The first kappa shape index (κ1) is 16.4. The van der Waals surface area contributed by atoms with E-state index in [2.05, 4.69) is 113 Å². The number of nitrogens with zero attached hydrogens (tertiary/aromatic N) is 1. The van der Waals surface area contributed by atoms with Gasteiger partial charge in [-0.25, -0.2) is 0 Å². The molecule has 2 heterocycles. The van der Waals surface area contributed by atoms with E-state index in [-0.39, 0.29) is 12.1 Å². The molecule has 6 rings (SSSR count). The zero-order chi connectivity index (χ0) is 19.2. The van der Waals surface area contributed by atoms with E-state index in [9.17, 15) is 0 Å². The highest BCUT2D eigenvalue weighted by atomic mass is 15.1. The van der Waals surface area contributed by atoms with Crippen LogP contribution >= 0.6 is 0 Å². The molecule has 1 aliphatic rings. The van der Waals surface area contributed by atoms with Gasteiger partial charge in [0.25, 0.3) is 0 Å². The second-order valence-electron chi connectivity index (χ2n) is 7.85. The van der Waals surface area contributed by atoms with Crippen molar-refractivity contribution >= 4 is 27.5 Å². The van der Waals surface area contributed by atoms with Crippen LogP contribution in [0.3, 0.4) is 0 Å². The lowest BCUT2D eigenvalue weighted by molar-refractivity contribution is 0.505. The molecule has 2 nitrogen and oxygen atoms in total. The predicted octanol–water partition coefficient (Wildman–Crippen LogP) is 6.94. The number of aromatic nitrogens is 1. The average Bonchev–Trinajstić information content (AvgIpc) is 3.13. The Morgan fingerprint density at radius 1 is 0.621 bits per heavy atom. The van der Waals surface area contributed by atoms with Gasteiger partial charge in [-0.1, -0.05) is 84.9 Å². The Morgan fingerprint density at radius 2 is 1.21 bits per heavy atom. The lowest BCUT2D eigenvalue weighted by Gasteiger charge is -2.35. The third-order valence-electron chi connectivity index (χ3n) is 6.24. The first-order valence-electron chi connectivity index (χ1n) is 10.3. The molecule has 0 saturated heterocycles. The van der Waals surface area contributed by atoms with Crippen LogP contribution in [0.2, 0.25) is 0 Å². The molecule has 0 aliphatic carbocycles. The number of nitrogens with one attached hydrogen (secondary N) is 1. The van der Waals surface area contributed by atoms with Gasteiger partial charge in [-0.3, -0.25) is 0 Å². The standard InChI is InChI=1S/C27H22N2/c1-2-10-19(11-3-1)24-18-27(22-14-4-7-15-23(22)28-24)29-25-16-8-5-12-20(25)21-13-6-9-17-26(21)29/h1-17,24,27-28H,18H2/t24-,27+/m0/s1. The van der Waals surface area contributed by atoms with Gasteiger partial charge in [0.15, 0.2) is 0 Å². The monoisotopic (exact) mass is 374 g/mol. The molecule has 140 valence electrons. The molecule has 0 bridgehead atoms. The molecule has 5 aromatic rings. The zero-order valence-electron chi connectivity index (χ0n) is 16.1. The second-order valence-corrected chi connectivity index (χ2v) is 7.85. The Labute approximate surface area is 170 Å². The summed E-state index contributed by atoms with van der Waals surface area (Å²) >= 11 is 0. The van der Waals surface area contributed by atoms with Crippen LogP contribution in [0.15, 0.2) is 103 Å². The van der Waals surface area contributed by atoms with Gasteiger partial charge in [0.05, 0.1) is 12.1 Å². The first-order valence-corrected chi connectivity index (χ1v) is 10.3. The van der Waals surface area contributed by atoms with Crippen LogP contribution in [0.1, 0.15) is 29.6 Å². The minimum atomic E-state index is 0.280. The van der Waals surface area contributed by atoms with Crippen LogP contribution in [0.5, 0.6) is 0 Å². The summed E-state index contributed by atoms with van der Waals surface area (Å²) in [5.74, 6) is 0. The predicted molar refractivity (Wildman–Crippen MR) is 121 cm³/mol.